The molecule has 0 aromatic heterocycles. The maximum atomic E-state index is 12.5. The van der Waals surface area contributed by atoms with Crippen molar-refractivity contribution < 1.29 is 19.1 Å². The second-order valence-electron chi connectivity index (χ2n) is 6.53. The van der Waals surface area contributed by atoms with Gasteiger partial charge < -0.3 is 19.3 Å². The van der Waals surface area contributed by atoms with E-state index < -0.39 is 0 Å². The van der Waals surface area contributed by atoms with Crippen LogP contribution in [0.5, 0.6) is 0 Å². The average molecular weight is 310 g/mol. The van der Waals surface area contributed by atoms with E-state index in [4.69, 9.17) is 9.47 Å². The van der Waals surface area contributed by atoms with Crippen molar-refractivity contribution >= 4 is 11.8 Å². The number of carbonyl (C=O) groups excluding carboxylic acids is 2. The molecule has 1 atom stereocenters. The van der Waals surface area contributed by atoms with E-state index in [1.807, 2.05) is 9.80 Å². The second-order valence-corrected chi connectivity index (χ2v) is 6.53. The third kappa shape index (κ3) is 3.79. The first kappa shape index (κ1) is 15.7. The van der Waals surface area contributed by atoms with E-state index in [2.05, 4.69) is 0 Å². The largest absolute Gasteiger partial charge is 0.381 e. The lowest BCUT2D eigenvalue weighted by atomic mass is 9.94. The Morgan fingerprint density at radius 1 is 0.864 bits per heavy atom. The van der Waals surface area contributed by atoms with Crippen LogP contribution < -0.4 is 0 Å². The maximum absolute atomic E-state index is 12.5. The standard InChI is InChI=1S/C16H26N2O4/c19-15(11-13-3-8-22-12-13)17-4-1-14(2-5-17)16(20)18-6-9-21-10-7-18/h13-14H,1-12H2/t13-/m1/s1. The first-order valence-electron chi connectivity index (χ1n) is 8.46. The zero-order valence-corrected chi connectivity index (χ0v) is 13.2. The van der Waals surface area contributed by atoms with E-state index in [0.717, 1.165) is 32.5 Å². The minimum absolute atomic E-state index is 0.0805. The predicted molar refractivity (Wildman–Crippen MR) is 80.2 cm³/mol. The maximum Gasteiger partial charge on any atom is 0.225 e. The van der Waals surface area contributed by atoms with E-state index in [1.54, 1.807) is 0 Å². The van der Waals surface area contributed by atoms with Crippen LogP contribution >= 0.6 is 0 Å². The normalized spacial score (nSPS) is 27.2. The molecule has 3 rings (SSSR count). The number of piperidine rings is 1. The smallest absolute Gasteiger partial charge is 0.225 e. The zero-order chi connectivity index (χ0) is 15.4. The van der Waals surface area contributed by atoms with Crippen molar-refractivity contribution in [1.82, 2.24) is 9.80 Å². The number of amides is 2. The van der Waals surface area contributed by atoms with Crippen LogP contribution in [0, 0.1) is 11.8 Å². The average Bonchev–Trinajstić information content (AvgIpc) is 3.08. The number of nitrogens with zero attached hydrogens (tertiary/aromatic N) is 2. The lowest BCUT2D eigenvalue weighted by molar-refractivity contribution is -0.144. The lowest BCUT2D eigenvalue weighted by Gasteiger charge is -2.35. The number of carbonyl (C=O) groups is 2. The molecule has 3 saturated heterocycles. The molecule has 2 amide bonds. The van der Waals surface area contributed by atoms with Gasteiger partial charge in [-0.3, -0.25) is 9.59 Å². The van der Waals surface area contributed by atoms with Crippen molar-refractivity contribution in [3.63, 3.8) is 0 Å². The van der Waals surface area contributed by atoms with Crippen molar-refractivity contribution in [3.8, 4) is 0 Å². The highest BCUT2D eigenvalue weighted by Crippen LogP contribution is 2.23. The highest BCUT2D eigenvalue weighted by Gasteiger charge is 2.31. The molecule has 3 aliphatic rings. The molecule has 22 heavy (non-hydrogen) atoms. The molecule has 0 aliphatic carbocycles. The van der Waals surface area contributed by atoms with Crippen LogP contribution in [0.25, 0.3) is 0 Å². The van der Waals surface area contributed by atoms with Gasteiger partial charge in [-0.15, -0.1) is 0 Å². The number of ether oxygens (including phenoxy) is 2. The molecule has 0 aromatic carbocycles. The topological polar surface area (TPSA) is 59.1 Å². The van der Waals surface area contributed by atoms with Gasteiger partial charge in [0.1, 0.15) is 0 Å². The number of hydrogen-bond acceptors (Lipinski definition) is 4. The molecule has 6 heteroatoms. The summed E-state index contributed by atoms with van der Waals surface area (Å²) < 4.78 is 10.6. The minimum Gasteiger partial charge on any atom is -0.381 e. The Morgan fingerprint density at radius 2 is 1.59 bits per heavy atom. The van der Waals surface area contributed by atoms with E-state index in [0.29, 0.717) is 51.7 Å². The van der Waals surface area contributed by atoms with Gasteiger partial charge in [-0.05, 0) is 25.2 Å². The summed E-state index contributed by atoms with van der Waals surface area (Å²) in [5.74, 6) is 0.949. The highest BCUT2D eigenvalue weighted by atomic mass is 16.5. The SMILES string of the molecule is O=C(C[C@H]1CCOC1)N1CCC(C(=O)N2CCOCC2)CC1. The monoisotopic (exact) mass is 310 g/mol. The van der Waals surface area contributed by atoms with Crippen molar-refractivity contribution in [2.24, 2.45) is 11.8 Å². The van der Waals surface area contributed by atoms with Gasteiger partial charge in [0.2, 0.25) is 11.8 Å². The Hall–Kier alpha value is -1.14. The highest BCUT2D eigenvalue weighted by molar-refractivity contribution is 5.80. The van der Waals surface area contributed by atoms with Crippen molar-refractivity contribution in [2.45, 2.75) is 25.7 Å². The Kier molecular flexibility index (Phi) is 5.31. The van der Waals surface area contributed by atoms with Gasteiger partial charge in [0.15, 0.2) is 0 Å². The fourth-order valence-electron chi connectivity index (χ4n) is 3.54. The summed E-state index contributed by atoms with van der Waals surface area (Å²) in [5, 5.41) is 0. The van der Waals surface area contributed by atoms with Crippen LogP contribution in [0.15, 0.2) is 0 Å². The fourth-order valence-corrected chi connectivity index (χ4v) is 3.54. The van der Waals surface area contributed by atoms with E-state index >= 15 is 0 Å². The van der Waals surface area contributed by atoms with Gasteiger partial charge in [-0.25, -0.2) is 0 Å². The molecule has 0 unspecified atom stereocenters. The molecule has 0 saturated carbocycles. The number of morpholine rings is 1. The third-order valence-electron chi connectivity index (χ3n) is 5.01. The van der Waals surface area contributed by atoms with Crippen LogP contribution in [0.4, 0.5) is 0 Å². The lowest BCUT2D eigenvalue weighted by Crippen LogP contribution is -2.47. The fraction of sp³-hybridized carbons (Fsp3) is 0.875. The van der Waals surface area contributed by atoms with Gasteiger partial charge >= 0.3 is 0 Å². The predicted octanol–water partition coefficient (Wildman–Crippen LogP) is 0.510. The first-order chi connectivity index (χ1) is 10.7. The van der Waals surface area contributed by atoms with Crippen molar-refractivity contribution in [1.29, 1.82) is 0 Å². The molecule has 3 fully saturated rings. The van der Waals surface area contributed by atoms with Crippen LogP contribution in [0.2, 0.25) is 0 Å². The number of likely N-dealkylation sites (tertiary alicyclic amines) is 1. The van der Waals surface area contributed by atoms with Crippen LogP contribution in [0.3, 0.4) is 0 Å². The molecule has 0 radical (unpaired) electrons. The number of rotatable bonds is 3. The van der Waals surface area contributed by atoms with E-state index in [9.17, 15) is 9.59 Å². The molecule has 0 bridgehead atoms. The minimum atomic E-state index is 0.0805. The Balaban J connectivity index is 1.43. The molecule has 124 valence electrons. The van der Waals surface area contributed by atoms with Crippen LogP contribution in [-0.4, -0.2) is 74.2 Å². The van der Waals surface area contributed by atoms with Crippen molar-refractivity contribution in [3.05, 3.63) is 0 Å². The van der Waals surface area contributed by atoms with Crippen LogP contribution in [-0.2, 0) is 19.1 Å². The van der Waals surface area contributed by atoms with Crippen LogP contribution in [0.1, 0.15) is 25.7 Å². The Labute approximate surface area is 131 Å². The van der Waals surface area contributed by atoms with Gasteiger partial charge in [0, 0.05) is 51.7 Å². The zero-order valence-electron chi connectivity index (χ0n) is 13.2. The molecule has 3 aliphatic heterocycles. The van der Waals surface area contributed by atoms with E-state index in [-0.39, 0.29) is 17.7 Å². The molecule has 0 aromatic rings. The van der Waals surface area contributed by atoms with Crippen molar-refractivity contribution in [2.75, 3.05) is 52.6 Å². The summed E-state index contributed by atoms with van der Waals surface area (Å²) in [5.41, 5.74) is 0. The quantitative estimate of drug-likeness (QED) is 0.762. The molecule has 0 spiro atoms. The summed E-state index contributed by atoms with van der Waals surface area (Å²) in [7, 11) is 0. The van der Waals surface area contributed by atoms with Gasteiger partial charge in [-0.2, -0.15) is 0 Å². The summed E-state index contributed by atoms with van der Waals surface area (Å²) in [4.78, 5) is 28.6. The molecular formula is C16H26N2O4. The van der Waals surface area contributed by atoms with E-state index in [1.165, 1.54) is 0 Å². The second kappa shape index (κ2) is 7.42. The summed E-state index contributed by atoms with van der Waals surface area (Å²) in [6.45, 7) is 5.64. The van der Waals surface area contributed by atoms with Gasteiger partial charge in [0.05, 0.1) is 13.2 Å². The van der Waals surface area contributed by atoms with Gasteiger partial charge in [-0.1, -0.05) is 0 Å². The third-order valence-corrected chi connectivity index (χ3v) is 5.01. The Morgan fingerprint density at radius 3 is 2.23 bits per heavy atom. The molecule has 3 heterocycles. The number of hydrogen-bond donors (Lipinski definition) is 0. The molecule has 6 nitrogen and oxygen atoms in total. The first-order valence-corrected chi connectivity index (χ1v) is 8.46. The molecule has 0 N–H and O–H groups in total. The Bertz CT molecular complexity index is 395. The summed E-state index contributed by atoms with van der Waals surface area (Å²) >= 11 is 0. The van der Waals surface area contributed by atoms with Gasteiger partial charge in [0.25, 0.3) is 0 Å². The molecular weight excluding hydrogens is 284 g/mol. The summed E-state index contributed by atoms with van der Waals surface area (Å²) in [6.07, 6.45) is 3.19. The summed E-state index contributed by atoms with van der Waals surface area (Å²) in [6, 6.07) is 0.